The summed E-state index contributed by atoms with van der Waals surface area (Å²) in [6, 6.07) is 11.3. The van der Waals surface area contributed by atoms with Gasteiger partial charge in [0.25, 0.3) is 5.91 Å². The number of nitrogens with one attached hydrogen (secondary N) is 2. The number of aryl methyl sites for hydroxylation is 2. The number of halogens is 1. The maximum Gasteiger partial charge on any atom is 0.255 e. The van der Waals surface area contributed by atoms with E-state index in [4.69, 9.17) is 4.74 Å². The summed E-state index contributed by atoms with van der Waals surface area (Å²) >= 11 is 0. The van der Waals surface area contributed by atoms with Crippen molar-refractivity contribution in [3.8, 4) is 5.75 Å². The summed E-state index contributed by atoms with van der Waals surface area (Å²) in [6.45, 7) is 3.60. The molecule has 3 aromatic rings. The van der Waals surface area contributed by atoms with Crippen LogP contribution in [0.3, 0.4) is 0 Å². The Morgan fingerprint density at radius 1 is 1.16 bits per heavy atom. The minimum atomic E-state index is -0.532. The first kappa shape index (κ1) is 25.7. The van der Waals surface area contributed by atoms with Crippen molar-refractivity contribution in [2.75, 3.05) is 26.2 Å². The number of amides is 3. The lowest BCUT2D eigenvalue weighted by atomic mass is 10.0. The van der Waals surface area contributed by atoms with Crippen LogP contribution in [-0.4, -0.2) is 64.5 Å². The number of carbonyl (C=O) groups is 3. The number of carbonyl (C=O) groups excluding carboxylic acids is 3. The van der Waals surface area contributed by atoms with Gasteiger partial charge in [-0.1, -0.05) is 12.1 Å². The number of aromatic nitrogens is 2. The van der Waals surface area contributed by atoms with Crippen molar-refractivity contribution >= 4 is 28.8 Å². The van der Waals surface area contributed by atoms with Gasteiger partial charge in [0.05, 0.1) is 29.1 Å². The van der Waals surface area contributed by atoms with Crippen LogP contribution in [0, 0.1) is 18.7 Å². The molecule has 2 atom stereocenters. The second-order valence-corrected chi connectivity index (χ2v) is 9.93. The van der Waals surface area contributed by atoms with Crippen molar-refractivity contribution in [3.05, 3.63) is 59.7 Å². The van der Waals surface area contributed by atoms with Crippen molar-refractivity contribution in [3.63, 3.8) is 0 Å². The number of benzene rings is 2. The van der Waals surface area contributed by atoms with E-state index in [1.165, 1.54) is 18.2 Å². The molecule has 1 aromatic heterocycles. The van der Waals surface area contributed by atoms with Gasteiger partial charge in [0, 0.05) is 38.6 Å². The molecule has 0 radical (unpaired) electrons. The maximum absolute atomic E-state index is 14.0. The van der Waals surface area contributed by atoms with Gasteiger partial charge in [-0.3, -0.25) is 14.4 Å². The van der Waals surface area contributed by atoms with Gasteiger partial charge in [-0.05, 0) is 56.5 Å². The molecular formula is C28H32FN5O4. The van der Waals surface area contributed by atoms with Crippen molar-refractivity contribution in [1.29, 1.82) is 0 Å². The molecule has 9 nitrogen and oxygen atoms in total. The molecule has 0 aliphatic carbocycles. The number of hydrogen-bond acceptors (Lipinski definition) is 5. The first-order chi connectivity index (χ1) is 18.4. The van der Waals surface area contributed by atoms with Crippen LogP contribution >= 0.6 is 0 Å². The van der Waals surface area contributed by atoms with Crippen molar-refractivity contribution in [1.82, 2.24) is 25.1 Å². The summed E-state index contributed by atoms with van der Waals surface area (Å²) in [5.74, 6) is -0.463. The summed E-state index contributed by atoms with van der Waals surface area (Å²) in [7, 11) is 0. The quantitative estimate of drug-likeness (QED) is 0.552. The zero-order valence-electron chi connectivity index (χ0n) is 21.4. The largest absolute Gasteiger partial charge is 0.493 e. The number of para-hydroxylation sites is 2. The van der Waals surface area contributed by atoms with Crippen molar-refractivity contribution < 1.29 is 23.5 Å². The Morgan fingerprint density at radius 3 is 2.87 bits per heavy atom. The molecule has 3 amide bonds. The Labute approximate surface area is 220 Å². The average molecular weight is 522 g/mol. The van der Waals surface area contributed by atoms with Crippen LogP contribution in [0.4, 0.5) is 4.39 Å². The van der Waals surface area contributed by atoms with Gasteiger partial charge in [-0.15, -0.1) is 0 Å². The molecule has 2 aromatic carbocycles. The van der Waals surface area contributed by atoms with Crippen LogP contribution in [0.25, 0.3) is 11.0 Å². The Morgan fingerprint density at radius 2 is 2.00 bits per heavy atom. The van der Waals surface area contributed by atoms with Crippen LogP contribution in [0.1, 0.15) is 41.9 Å². The third-order valence-electron chi connectivity index (χ3n) is 7.26. The summed E-state index contributed by atoms with van der Waals surface area (Å²) in [5, 5.41) is 5.91. The minimum Gasteiger partial charge on any atom is -0.493 e. The van der Waals surface area contributed by atoms with E-state index in [9.17, 15) is 18.8 Å². The third kappa shape index (κ3) is 5.64. The molecule has 3 heterocycles. The number of fused-ring (bicyclic) bond motifs is 5. The van der Waals surface area contributed by atoms with E-state index >= 15 is 0 Å². The molecule has 2 N–H and O–H groups in total. The summed E-state index contributed by atoms with van der Waals surface area (Å²) in [6.07, 6.45) is 1.81. The molecule has 2 aliphatic rings. The number of imidazole rings is 1. The number of likely N-dealkylation sites (tertiary alicyclic amines) is 1. The van der Waals surface area contributed by atoms with E-state index in [-0.39, 0.29) is 61.2 Å². The van der Waals surface area contributed by atoms with Crippen LogP contribution in [0.15, 0.2) is 42.5 Å². The average Bonchev–Trinajstić information content (AvgIpc) is 3.07. The van der Waals surface area contributed by atoms with Gasteiger partial charge in [-0.2, -0.15) is 0 Å². The van der Waals surface area contributed by atoms with E-state index < -0.39 is 11.7 Å². The molecule has 2 bridgehead atoms. The molecule has 2 aliphatic heterocycles. The second kappa shape index (κ2) is 11.2. The summed E-state index contributed by atoms with van der Waals surface area (Å²) < 4.78 is 21.7. The van der Waals surface area contributed by atoms with E-state index in [1.807, 2.05) is 35.8 Å². The van der Waals surface area contributed by atoms with E-state index in [2.05, 4.69) is 15.6 Å². The van der Waals surface area contributed by atoms with Gasteiger partial charge < -0.3 is 24.8 Å². The summed E-state index contributed by atoms with van der Waals surface area (Å²) in [5.41, 5.74) is 1.96. The van der Waals surface area contributed by atoms with E-state index in [1.54, 1.807) is 4.90 Å². The Hall–Kier alpha value is -3.95. The lowest BCUT2D eigenvalue weighted by molar-refractivity contribution is -0.133. The third-order valence-corrected chi connectivity index (χ3v) is 7.26. The zero-order chi connectivity index (χ0) is 26.6. The molecule has 38 heavy (non-hydrogen) atoms. The number of hydrogen-bond donors (Lipinski definition) is 2. The highest BCUT2D eigenvalue weighted by atomic mass is 19.1. The molecular weight excluding hydrogens is 489 g/mol. The van der Waals surface area contributed by atoms with Crippen LogP contribution in [0.2, 0.25) is 0 Å². The Bertz CT molecular complexity index is 1360. The lowest BCUT2D eigenvalue weighted by Crippen LogP contribution is -2.46. The SMILES string of the molecule is Cc1nc2ccccc2n1CCC(=O)N1C[C@H]2CC[C@@H](C1)C(=O)NCCCOc1ccc(F)cc1C(=O)N2. The molecule has 1 fully saturated rings. The van der Waals surface area contributed by atoms with Gasteiger partial charge in [0.2, 0.25) is 11.8 Å². The molecule has 5 rings (SSSR count). The lowest BCUT2D eigenvalue weighted by Gasteiger charge is -2.27. The molecule has 1 saturated heterocycles. The maximum atomic E-state index is 14.0. The predicted octanol–water partition coefficient (Wildman–Crippen LogP) is 2.81. The highest BCUT2D eigenvalue weighted by Crippen LogP contribution is 2.23. The monoisotopic (exact) mass is 521 g/mol. The first-order valence-electron chi connectivity index (χ1n) is 13.1. The van der Waals surface area contributed by atoms with Crippen LogP contribution < -0.4 is 15.4 Å². The Kier molecular flexibility index (Phi) is 7.57. The summed E-state index contributed by atoms with van der Waals surface area (Å²) in [4.78, 5) is 45.8. The topological polar surface area (TPSA) is 106 Å². The number of ether oxygens (including phenoxy) is 1. The highest BCUT2D eigenvalue weighted by Gasteiger charge is 2.32. The number of rotatable bonds is 3. The highest BCUT2D eigenvalue weighted by molar-refractivity contribution is 5.97. The van der Waals surface area contributed by atoms with Crippen molar-refractivity contribution in [2.45, 2.75) is 45.2 Å². The van der Waals surface area contributed by atoms with Gasteiger partial charge in [-0.25, -0.2) is 9.37 Å². The molecule has 10 heteroatoms. The van der Waals surface area contributed by atoms with Crippen LogP contribution in [0.5, 0.6) is 5.75 Å². The molecule has 0 saturated carbocycles. The fraction of sp³-hybridized carbons (Fsp3) is 0.429. The predicted molar refractivity (Wildman–Crippen MR) is 139 cm³/mol. The number of nitrogens with zero attached hydrogens (tertiary/aromatic N) is 3. The van der Waals surface area contributed by atoms with E-state index in [0.717, 1.165) is 16.9 Å². The Balaban J connectivity index is 1.36. The zero-order valence-corrected chi connectivity index (χ0v) is 21.4. The molecule has 200 valence electrons. The van der Waals surface area contributed by atoms with E-state index in [0.29, 0.717) is 32.4 Å². The minimum absolute atomic E-state index is 0.0970. The first-order valence-corrected chi connectivity index (χ1v) is 13.1. The fourth-order valence-electron chi connectivity index (χ4n) is 5.25. The second-order valence-electron chi connectivity index (χ2n) is 9.93. The standard InChI is InChI=1S/C28H32FN5O4/c1-18-31-23-5-2-3-6-24(23)34(18)13-11-26(35)33-16-19-7-9-21(17-33)32-28(37)22-15-20(29)8-10-25(22)38-14-4-12-30-27(19)36/h2-3,5-6,8,10,15,19,21H,4,7,9,11-14,16-17H2,1H3,(H,30,36)(H,32,37)/t19-,21+/m0/s1. The van der Waals surface area contributed by atoms with Gasteiger partial charge in [0.15, 0.2) is 0 Å². The molecule has 0 unspecified atom stereocenters. The molecule has 0 spiro atoms. The smallest absolute Gasteiger partial charge is 0.255 e. The normalized spacial score (nSPS) is 20.6. The van der Waals surface area contributed by atoms with Gasteiger partial charge >= 0.3 is 0 Å². The van der Waals surface area contributed by atoms with Gasteiger partial charge in [0.1, 0.15) is 17.4 Å². The fourth-order valence-corrected chi connectivity index (χ4v) is 5.25. The van der Waals surface area contributed by atoms with Crippen molar-refractivity contribution in [2.24, 2.45) is 5.92 Å². The van der Waals surface area contributed by atoms with Crippen LogP contribution in [-0.2, 0) is 16.1 Å².